The Morgan fingerprint density at radius 1 is 1.00 bits per heavy atom. The number of benzene rings is 1. The largest absolute Gasteiger partial charge is 0.346 e. The van der Waals surface area contributed by atoms with E-state index in [1.54, 1.807) is 0 Å². The van der Waals surface area contributed by atoms with Crippen LogP contribution in [0.25, 0.3) is 0 Å². The fourth-order valence-corrected chi connectivity index (χ4v) is 4.31. The first-order chi connectivity index (χ1) is 15.0. The maximum absolute atomic E-state index is 5.75. The number of aryl methyl sites for hydroxylation is 2. The molecule has 1 N–H and O–H groups in total. The Labute approximate surface area is 189 Å². The predicted octanol–water partition coefficient (Wildman–Crippen LogP) is 3.77. The average Bonchev–Trinajstić information content (AvgIpc) is 3.04. The molecule has 4 rings (SSSR count). The van der Waals surface area contributed by atoms with Crippen molar-refractivity contribution in [3.63, 3.8) is 0 Å². The molecule has 1 aromatic carbocycles. The molecule has 2 aromatic heterocycles. The number of thiocarbonyl (C=S) groups is 1. The van der Waals surface area contributed by atoms with Gasteiger partial charge < -0.3 is 10.2 Å². The van der Waals surface area contributed by atoms with Crippen LogP contribution in [-0.2, 0) is 13.1 Å². The van der Waals surface area contributed by atoms with E-state index in [-0.39, 0.29) is 0 Å². The standard InChI is InChI=1S/C24H30N6S/c1-18-7-4-5-9-22(18)17-30-20(3)23(19(2)27-30)26-24(31)29-13-11-28(12-14-29)16-21-8-6-10-25-15-21/h4-10,15H,11-14,16-17H2,1-3H3,(H,26,31). The summed E-state index contributed by atoms with van der Waals surface area (Å²) in [6.45, 7) is 11.8. The quantitative estimate of drug-likeness (QED) is 0.617. The molecular weight excluding hydrogens is 404 g/mol. The fraction of sp³-hybridized carbons (Fsp3) is 0.375. The highest BCUT2D eigenvalue weighted by Gasteiger charge is 2.21. The number of hydrogen-bond donors (Lipinski definition) is 1. The summed E-state index contributed by atoms with van der Waals surface area (Å²) in [5, 5.41) is 9.02. The summed E-state index contributed by atoms with van der Waals surface area (Å²) in [5.41, 5.74) is 6.93. The van der Waals surface area contributed by atoms with E-state index < -0.39 is 0 Å². The lowest BCUT2D eigenvalue weighted by molar-refractivity contribution is 0.177. The smallest absolute Gasteiger partial charge is 0.173 e. The van der Waals surface area contributed by atoms with E-state index in [4.69, 9.17) is 17.3 Å². The van der Waals surface area contributed by atoms with Gasteiger partial charge in [-0.3, -0.25) is 14.6 Å². The van der Waals surface area contributed by atoms with Crippen LogP contribution in [0.5, 0.6) is 0 Å². The first kappa shape index (κ1) is 21.5. The molecule has 0 saturated carbocycles. The van der Waals surface area contributed by atoms with E-state index in [2.05, 4.69) is 69.0 Å². The van der Waals surface area contributed by atoms with Crippen LogP contribution in [0.15, 0.2) is 48.8 Å². The third-order valence-electron chi connectivity index (χ3n) is 5.98. The SMILES string of the molecule is Cc1ccccc1Cn1nc(C)c(NC(=S)N2CCN(Cc3cccnc3)CC2)c1C. The van der Waals surface area contributed by atoms with Crippen molar-refractivity contribution in [2.45, 2.75) is 33.9 Å². The molecule has 0 radical (unpaired) electrons. The number of hydrogen-bond acceptors (Lipinski definition) is 4. The van der Waals surface area contributed by atoms with Gasteiger partial charge in [-0.25, -0.2) is 0 Å². The topological polar surface area (TPSA) is 49.2 Å². The zero-order valence-corrected chi connectivity index (χ0v) is 19.3. The van der Waals surface area contributed by atoms with Crippen molar-refractivity contribution in [1.29, 1.82) is 0 Å². The summed E-state index contributed by atoms with van der Waals surface area (Å²) in [7, 11) is 0. The van der Waals surface area contributed by atoms with E-state index in [1.807, 2.05) is 25.4 Å². The van der Waals surface area contributed by atoms with Crippen LogP contribution in [0.4, 0.5) is 5.69 Å². The van der Waals surface area contributed by atoms with E-state index in [0.717, 1.165) is 61.5 Å². The number of nitrogens with one attached hydrogen (secondary N) is 1. The van der Waals surface area contributed by atoms with Crippen molar-refractivity contribution in [1.82, 2.24) is 24.6 Å². The van der Waals surface area contributed by atoms with Gasteiger partial charge in [0.05, 0.1) is 23.6 Å². The number of pyridine rings is 1. The molecule has 1 fully saturated rings. The van der Waals surface area contributed by atoms with Gasteiger partial charge in [-0.1, -0.05) is 30.3 Å². The van der Waals surface area contributed by atoms with Crippen molar-refractivity contribution in [2.75, 3.05) is 31.5 Å². The number of rotatable bonds is 5. The summed E-state index contributed by atoms with van der Waals surface area (Å²) < 4.78 is 2.06. The molecule has 0 unspecified atom stereocenters. The number of piperazine rings is 1. The normalized spacial score (nSPS) is 14.6. The molecule has 31 heavy (non-hydrogen) atoms. The lowest BCUT2D eigenvalue weighted by Gasteiger charge is -2.36. The first-order valence-electron chi connectivity index (χ1n) is 10.8. The fourth-order valence-electron chi connectivity index (χ4n) is 4.03. The van der Waals surface area contributed by atoms with Crippen LogP contribution in [0.3, 0.4) is 0 Å². The van der Waals surface area contributed by atoms with Gasteiger partial charge in [-0.05, 0) is 55.7 Å². The average molecular weight is 435 g/mol. The molecule has 162 valence electrons. The molecule has 3 heterocycles. The predicted molar refractivity (Wildman–Crippen MR) is 129 cm³/mol. The summed E-state index contributed by atoms with van der Waals surface area (Å²) in [5.74, 6) is 0. The second kappa shape index (κ2) is 9.58. The molecule has 0 aliphatic carbocycles. The summed E-state index contributed by atoms with van der Waals surface area (Å²) in [6.07, 6.45) is 3.76. The van der Waals surface area contributed by atoms with Crippen molar-refractivity contribution in [3.05, 3.63) is 76.9 Å². The Morgan fingerprint density at radius 3 is 2.48 bits per heavy atom. The number of anilines is 1. The minimum absolute atomic E-state index is 0.765. The molecule has 0 spiro atoms. The molecular formula is C24H30N6S. The molecule has 0 amide bonds. The molecule has 0 bridgehead atoms. The lowest BCUT2D eigenvalue weighted by atomic mass is 10.1. The highest BCUT2D eigenvalue weighted by Crippen LogP contribution is 2.22. The Bertz CT molecular complexity index is 1040. The summed E-state index contributed by atoms with van der Waals surface area (Å²) >= 11 is 5.75. The van der Waals surface area contributed by atoms with E-state index >= 15 is 0 Å². The van der Waals surface area contributed by atoms with Crippen molar-refractivity contribution in [2.24, 2.45) is 0 Å². The van der Waals surface area contributed by atoms with E-state index in [9.17, 15) is 0 Å². The molecule has 1 aliphatic rings. The van der Waals surface area contributed by atoms with Gasteiger partial charge in [0.1, 0.15) is 0 Å². The Hall–Kier alpha value is -2.77. The molecule has 7 heteroatoms. The van der Waals surface area contributed by atoms with Crippen LogP contribution in [-0.4, -0.2) is 55.9 Å². The number of aromatic nitrogens is 3. The molecule has 0 atom stereocenters. The molecule has 3 aromatic rings. The van der Waals surface area contributed by atoms with Crippen LogP contribution in [0, 0.1) is 20.8 Å². The van der Waals surface area contributed by atoms with Gasteiger partial charge >= 0.3 is 0 Å². The van der Waals surface area contributed by atoms with Gasteiger partial charge in [0.25, 0.3) is 0 Å². The minimum Gasteiger partial charge on any atom is -0.346 e. The molecule has 1 saturated heterocycles. The van der Waals surface area contributed by atoms with Gasteiger partial charge in [0, 0.05) is 45.1 Å². The third kappa shape index (κ3) is 5.11. The maximum Gasteiger partial charge on any atom is 0.173 e. The summed E-state index contributed by atoms with van der Waals surface area (Å²) in [6, 6.07) is 12.6. The third-order valence-corrected chi connectivity index (χ3v) is 6.34. The zero-order valence-electron chi connectivity index (χ0n) is 18.5. The number of nitrogens with zero attached hydrogens (tertiary/aromatic N) is 5. The molecule has 6 nitrogen and oxygen atoms in total. The van der Waals surface area contributed by atoms with Gasteiger partial charge in [0.15, 0.2) is 5.11 Å². The van der Waals surface area contributed by atoms with Crippen molar-refractivity contribution >= 4 is 23.0 Å². The minimum atomic E-state index is 0.765. The van der Waals surface area contributed by atoms with Crippen LogP contribution >= 0.6 is 12.2 Å². The van der Waals surface area contributed by atoms with Gasteiger partial charge in [-0.15, -0.1) is 0 Å². The van der Waals surface area contributed by atoms with Gasteiger partial charge in [-0.2, -0.15) is 5.10 Å². The zero-order chi connectivity index (χ0) is 21.8. The Morgan fingerprint density at radius 2 is 1.77 bits per heavy atom. The maximum atomic E-state index is 5.75. The van der Waals surface area contributed by atoms with E-state index in [0.29, 0.717) is 0 Å². The second-order valence-corrected chi connectivity index (χ2v) is 8.57. The van der Waals surface area contributed by atoms with Crippen LogP contribution in [0.2, 0.25) is 0 Å². The van der Waals surface area contributed by atoms with Gasteiger partial charge in [0.2, 0.25) is 0 Å². The van der Waals surface area contributed by atoms with Crippen LogP contribution < -0.4 is 5.32 Å². The Balaban J connectivity index is 1.36. The van der Waals surface area contributed by atoms with Crippen molar-refractivity contribution < 1.29 is 0 Å². The Kier molecular flexibility index (Phi) is 6.63. The first-order valence-corrected chi connectivity index (χ1v) is 11.2. The van der Waals surface area contributed by atoms with Crippen molar-refractivity contribution in [3.8, 4) is 0 Å². The highest BCUT2D eigenvalue weighted by molar-refractivity contribution is 7.80. The van der Waals surface area contributed by atoms with E-state index in [1.165, 1.54) is 16.7 Å². The van der Waals surface area contributed by atoms with Crippen LogP contribution in [0.1, 0.15) is 28.1 Å². The second-order valence-electron chi connectivity index (χ2n) is 8.18. The monoisotopic (exact) mass is 434 g/mol. The summed E-state index contributed by atoms with van der Waals surface area (Å²) in [4.78, 5) is 8.92. The highest BCUT2D eigenvalue weighted by atomic mass is 32.1. The lowest BCUT2D eigenvalue weighted by Crippen LogP contribution is -2.49. The molecule has 1 aliphatic heterocycles.